The Morgan fingerprint density at radius 3 is 2.33 bits per heavy atom. The molecule has 0 amide bonds. The summed E-state index contributed by atoms with van der Waals surface area (Å²) in [5.41, 5.74) is 1.32. The standard InChI is InChI=1S/C12H20O2Si/c1-9(14-15)13-11-8-6-5-7-10(11)12(2,3)4/h5-9H,1-4,15H3. The van der Waals surface area contributed by atoms with Crippen molar-refractivity contribution in [3.8, 4) is 5.75 Å². The average molecular weight is 224 g/mol. The van der Waals surface area contributed by atoms with Crippen molar-refractivity contribution in [1.29, 1.82) is 0 Å². The van der Waals surface area contributed by atoms with Crippen LogP contribution in [0.25, 0.3) is 0 Å². The number of hydrogen-bond donors (Lipinski definition) is 0. The van der Waals surface area contributed by atoms with Gasteiger partial charge in [-0.25, -0.2) is 0 Å². The number of rotatable bonds is 3. The van der Waals surface area contributed by atoms with Gasteiger partial charge in [0.05, 0.1) is 0 Å². The molecule has 1 aromatic carbocycles. The molecule has 0 aliphatic carbocycles. The van der Waals surface area contributed by atoms with Gasteiger partial charge in [0.25, 0.3) is 0 Å². The molecular formula is C12H20O2Si. The molecule has 0 heterocycles. The van der Waals surface area contributed by atoms with Crippen molar-refractivity contribution in [1.82, 2.24) is 0 Å². The lowest BCUT2D eigenvalue weighted by Gasteiger charge is -2.24. The van der Waals surface area contributed by atoms with Gasteiger partial charge in [0.2, 0.25) is 0 Å². The first kappa shape index (κ1) is 12.3. The van der Waals surface area contributed by atoms with E-state index in [0.29, 0.717) is 10.5 Å². The third-order valence-electron chi connectivity index (χ3n) is 2.32. The highest BCUT2D eigenvalue weighted by Crippen LogP contribution is 2.31. The van der Waals surface area contributed by atoms with Crippen LogP contribution in [0.5, 0.6) is 5.75 Å². The van der Waals surface area contributed by atoms with E-state index in [1.807, 2.05) is 25.1 Å². The van der Waals surface area contributed by atoms with Gasteiger partial charge < -0.3 is 9.16 Å². The Labute approximate surface area is 95.1 Å². The van der Waals surface area contributed by atoms with Crippen molar-refractivity contribution < 1.29 is 9.16 Å². The molecule has 84 valence electrons. The van der Waals surface area contributed by atoms with Crippen LogP contribution in [0.4, 0.5) is 0 Å². The molecule has 0 aliphatic rings. The van der Waals surface area contributed by atoms with Crippen LogP contribution in [0, 0.1) is 0 Å². The number of benzene rings is 1. The van der Waals surface area contributed by atoms with Gasteiger partial charge in [0.15, 0.2) is 16.8 Å². The lowest BCUT2D eigenvalue weighted by atomic mass is 9.86. The summed E-state index contributed by atoms with van der Waals surface area (Å²) in [5.74, 6) is 0.924. The van der Waals surface area contributed by atoms with E-state index in [1.165, 1.54) is 5.56 Å². The van der Waals surface area contributed by atoms with Crippen molar-refractivity contribution >= 4 is 10.5 Å². The molecule has 2 nitrogen and oxygen atoms in total. The zero-order chi connectivity index (χ0) is 11.5. The van der Waals surface area contributed by atoms with Crippen molar-refractivity contribution in [2.24, 2.45) is 0 Å². The van der Waals surface area contributed by atoms with E-state index in [-0.39, 0.29) is 11.7 Å². The first-order valence-corrected chi connectivity index (χ1v) is 6.05. The summed E-state index contributed by atoms with van der Waals surface area (Å²) in [4.78, 5) is 0. The van der Waals surface area contributed by atoms with E-state index >= 15 is 0 Å². The summed E-state index contributed by atoms with van der Waals surface area (Å²) in [6.45, 7) is 8.47. The Morgan fingerprint density at radius 1 is 1.20 bits per heavy atom. The molecule has 0 spiro atoms. The van der Waals surface area contributed by atoms with Crippen LogP contribution in [-0.2, 0) is 9.84 Å². The minimum Gasteiger partial charge on any atom is -0.466 e. The zero-order valence-electron chi connectivity index (χ0n) is 10.2. The van der Waals surface area contributed by atoms with Gasteiger partial charge in [-0.2, -0.15) is 0 Å². The minimum absolute atomic E-state index is 0.0987. The first-order chi connectivity index (χ1) is 6.95. The highest BCUT2D eigenvalue weighted by molar-refractivity contribution is 5.98. The van der Waals surface area contributed by atoms with Crippen LogP contribution in [0.2, 0.25) is 0 Å². The second-order valence-electron chi connectivity index (χ2n) is 4.67. The molecule has 0 aromatic heterocycles. The Bertz CT molecular complexity index is 318. The molecule has 1 atom stereocenters. The van der Waals surface area contributed by atoms with E-state index in [9.17, 15) is 0 Å². The summed E-state index contributed by atoms with van der Waals surface area (Å²) in [6.07, 6.45) is -0.153. The van der Waals surface area contributed by atoms with Crippen molar-refractivity contribution in [2.75, 3.05) is 0 Å². The Kier molecular flexibility index (Phi) is 3.94. The molecular weight excluding hydrogens is 204 g/mol. The molecule has 0 radical (unpaired) electrons. The van der Waals surface area contributed by atoms with E-state index in [4.69, 9.17) is 9.16 Å². The molecule has 1 aromatic rings. The molecule has 15 heavy (non-hydrogen) atoms. The van der Waals surface area contributed by atoms with E-state index in [0.717, 1.165) is 5.75 Å². The molecule has 0 N–H and O–H groups in total. The maximum atomic E-state index is 5.73. The van der Waals surface area contributed by atoms with Crippen LogP contribution in [0.1, 0.15) is 33.3 Å². The maximum absolute atomic E-state index is 5.73. The van der Waals surface area contributed by atoms with Crippen LogP contribution < -0.4 is 4.74 Å². The largest absolute Gasteiger partial charge is 0.466 e. The molecule has 0 fully saturated rings. The minimum atomic E-state index is -0.153. The normalized spacial score (nSPS) is 13.9. The third-order valence-corrected chi connectivity index (χ3v) is 2.98. The molecule has 0 aliphatic heterocycles. The van der Waals surface area contributed by atoms with E-state index in [1.54, 1.807) is 0 Å². The Hall–Kier alpha value is -0.803. The summed E-state index contributed by atoms with van der Waals surface area (Å²) in [7, 11) is 0.696. The quantitative estimate of drug-likeness (QED) is 0.577. The Balaban J connectivity index is 2.97. The van der Waals surface area contributed by atoms with E-state index < -0.39 is 0 Å². The summed E-state index contributed by atoms with van der Waals surface area (Å²) in [5, 5.41) is 0. The molecule has 0 bridgehead atoms. The average Bonchev–Trinajstić information content (AvgIpc) is 2.17. The van der Waals surface area contributed by atoms with Crippen molar-refractivity contribution in [3.05, 3.63) is 29.8 Å². The number of ether oxygens (including phenoxy) is 1. The van der Waals surface area contributed by atoms with Crippen LogP contribution in [0.3, 0.4) is 0 Å². The first-order valence-electron chi connectivity index (χ1n) is 5.24. The Morgan fingerprint density at radius 2 is 1.80 bits per heavy atom. The predicted octanol–water partition coefficient (Wildman–Crippen LogP) is 2.01. The van der Waals surface area contributed by atoms with Gasteiger partial charge in [-0.1, -0.05) is 39.0 Å². The van der Waals surface area contributed by atoms with Crippen LogP contribution in [-0.4, -0.2) is 16.8 Å². The topological polar surface area (TPSA) is 18.5 Å². The number of para-hydroxylation sites is 1. The van der Waals surface area contributed by atoms with Crippen LogP contribution >= 0.6 is 0 Å². The highest BCUT2D eigenvalue weighted by atomic mass is 28.2. The predicted molar refractivity (Wildman–Crippen MR) is 66.3 cm³/mol. The second-order valence-corrected chi connectivity index (χ2v) is 5.14. The summed E-state index contributed by atoms with van der Waals surface area (Å²) >= 11 is 0. The van der Waals surface area contributed by atoms with Crippen LogP contribution in [0.15, 0.2) is 24.3 Å². The highest BCUT2D eigenvalue weighted by Gasteiger charge is 2.19. The summed E-state index contributed by atoms with van der Waals surface area (Å²) < 4.78 is 11.0. The fourth-order valence-corrected chi connectivity index (χ4v) is 1.51. The van der Waals surface area contributed by atoms with Crippen molar-refractivity contribution in [2.45, 2.75) is 39.4 Å². The fourth-order valence-electron chi connectivity index (χ4n) is 1.42. The van der Waals surface area contributed by atoms with E-state index in [2.05, 4.69) is 26.8 Å². The van der Waals surface area contributed by atoms with Gasteiger partial charge >= 0.3 is 0 Å². The lowest BCUT2D eigenvalue weighted by molar-refractivity contribution is 0.0281. The van der Waals surface area contributed by atoms with Gasteiger partial charge in [-0.3, -0.25) is 0 Å². The molecule has 1 rings (SSSR count). The zero-order valence-corrected chi connectivity index (χ0v) is 12.2. The lowest BCUT2D eigenvalue weighted by Crippen LogP contribution is -2.19. The molecule has 1 unspecified atom stereocenters. The second kappa shape index (κ2) is 4.81. The van der Waals surface area contributed by atoms with Crippen molar-refractivity contribution in [3.63, 3.8) is 0 Å². The SMILES string of the molecule is CC(O[SiH3])Oc1ccccc1C(C)(C)C. The van der Waals surface area contributed by atoms with Gasteiger partial charge in [0.1, 0.15) is 5.75 Å². The molecule has 0 saturated carbocycles. The fraction of sp³-hybridized carbons (Fsp3) is 0.500. The molecule has 3 heteroatoms. The maximum Gasteiger partial charge on any atom is 0.187 e. The smallest absolute Gasteiger partial charge is 0.187 e. The van der Waals surface area contributed by atoms with Gasteiger partial charge in [0, 0.05) is 0 Å². The number of hydrogen-bond acceptors (Lipinski definition) is 2. The molecule has 0 saturated heterocycles. The van der Waals surface area contributed by atoms with Gasteiger partial charge in [-0.05, 0) is 24.0 Å². The van der Waals surface area contributed by atoms with Gasteiger partial charge in [-0.15, -0.1) is 0 Å². The monoisotopic (exact) mass is 224 g/mol. The third kappa shape index (κ3) is 3.36. The summed E-state index contributed by atoms with van der Waals surface area (Å²) in [6, 6.07) is 8.14.